The molecule has 52 valence electrons. The molecule has 0 saturated carbocycles. The van der Waals surface area contributed by atoms with Gasteiger partial charge in [0.25, 0.3) is 0 Å². The van der Waals surface area contributed by atoms with Crippen molar-refractivity contribution in [1.29, 1.82) is 0 Å². The average molecular weight is 166 g/mol. The minimum absolute atomic E-state index is 0.797. The van der Waals surface area contributed by atoms with Gasteiger partial charge < -0.3 is 4.90 Å². The summed E-state index contributed by atoms with van der Waals surface area (Å²) in [5, 5.41) is 1.63. The van der Waals surface area contributed by atoms with Crippen molar-refractivity contribution in [2.75, 3.05) is 20.1 Å². The molecule has 1 nitrogen and oxygen atoms in total. The van der Waals surface area contributed by atoms with Crippen molar-refractivity contribution >= 4 is 23.2 Å². The lowest BCUT2D eigenvalue weighted by atomic mass is 10.3. The van der Waals surface area contributed by atoms with Gasteiger partial charge in [-0.25, -0.2) is 0 Å². The van der Waals surface area contributed by atoms with Crippen molar-refractivity contribution in [3.05, 3.63) is 10.1 Å². The lowest BCUT2D eigenvalue weighted by molar-refractivity contribution is 0.360. The molecular formula is C6H9Cl2N. The Morgan fingerprint density at radius 1 is 1.33 bits per heavy atom. The maximum atomic E-state index is 5.77. The summed E-state index contributed by atoms with van der Waals surface area (Å²) in [6, 6.07) is 0. The lowest BCUT2D eigenvalue weighted by Gasteiger charge is -2.21. The molecule has 0 unspecified atom stereocenters. The van der Waals surface area contributed by atoms with E-state index in [4.69, 9.17) is 23.2 Å². The summed E-state index contributed by atoms with van der Waals surface area (Å²) in [5.74, 6) is 0. The third-order valence-electron chi connectivity index (χ3n) is 1.42. The summed E-state index contributed by atoms with van der Waals surface area (Å²) in [6.07, 6.45) is 0.900. The summed E-state index contributed by atoms with van der Waals surface area (Å²) in [7, 11) is 2.03. The summed E-state index contributed by atoms with van der Waals surface area (Å²) in [5.41, 5.74) is 0. The number of likely N-dealkylation sites (N-methyl/N-ethyl adjacent to an activating group) is 1. The zero-order valence-electron chi connectivity index (χ0n) is 5.32. The maximum absolute atomic E-state index is 5.77. The predicted molar refractivity (Wildman–Crippen MR) is 40.8 cm³/mol. The van der Waals surface area contributed by atoms with Crippen LogP contribution in [0.3, 0.4) is 0 Å². The van der Waals surface area contributed by atoms with E-state index in [1.807, 2.05) is 7.05 Å². The van der Waals surface area contributed by atoms with Crippen molar-refractivity contribution in [1.82, 2.24) is 4.90 Å². The van der Waals surface area contributed by atoms with E-state index in [0.717, 1.165) is 29.6 Å². The number of nitrogens with zero attached hydrogens (tertiary/aromatic N) is 1. The first-order chi connectivity index (χ1) is 4.20. The van der Waals surface area contributed by atoms with Crippen molar-refractivity contribution in [3.8, 4) is 0 Å². The normalized spacial score (nSPS) is 23.0. The van der Waals surface area contributed by atoms with E-state index in [9.17, 15) is 0 Å². The molecule has 0 N–H and O–H groups in total. The Labute approximate surface area is 65.2 Å². The second kappa shape index (κ2) is 2.91. The highest BCUT2D eigenvalue weighted by Gasteiger charge is 2.11. The molecule has 0 saturated heterocycles. The van der Waals surface area contributed by atoms with Gasteiger partial charge >= 0.3 is 0 Å². The van der Waals surface area contributed by atoms with Crippen LogP contribution in [0.5, 0.6) is 0 Å². The van der Waals surface area contributed by atoms with Gasteiger partial charge in [0.2, 0.25) is 0 Å². The van der Waals surface area contributed by atoms with Crippen molar-refractivity contribution in [3.63, 3.8) is 0 Å². The number of hydrogen-bond acceptors (Lipinski definition) is 1. The summed E-state index contributed by atoms with van der Waals surface area (Å²) >= 11 is 11.5. The fourth-order valence-corrected chi connectivity index (χ4v) is 1.27. The largest absolute Gasteiger partial charge is 0.301 e. The Kier molecular flexibility index (Phi) is 2.39. The molecule has 0 aromatic rings. The molecule has 0 atom stereocenters. The van der Waals surface area contributed by atoms with E-state index in [-0.39, 0.29) is 0 Å². The van der Waals surface area contributed by atoms with Gasteiger partial charge in [-0.3, -0.25) is 0 Å². The van der Waals surface area contributed by atoms with Crippen LogP contribution in [0.25, 0.3) is 0 Å². The number of halogens is 2. The van der Waals surface area contributed by atoms with E-state index in [1.54, 1.807) is 0 Å². The summed E-state index contributed by atoms with van der Waals surface area (Å²) in [6.45, 7) is 1.83. The lowest BCUT2D eigenvalue weighted by Crippen LogP contribution is -2.25. The van der Waals surface area contributed by atoms with Crippen LogP contribution in [-0.4, -0.2) is 25.0 Å². The van der Waals surface area contributed by atoms with Gasteiger partial charge in [0, 0.05) is 23.2 Å². The highest BCUT2D eigenvalue weighted by Crippen LogP contribution is 2.22. The molecule has 0 aromatic carbocycles. The SMILES string of the molecule is CN1CCC(Cl)=C(Cl)C1. The quantitative estimate of drug-likeness (QED) is 0.532. The molecule has 3 heteroatoms. The minimum atomic E-state index is 0.797. The van der Waals surface area contributed by atoms with E-state index >= 15 is 0 Å². The Morgan fingerprint density at radius 3 is 2.44 bits per heavy atom. The third kappa shape index (κ3) is 1.85. The minimum Gasteiger partial charge on any atom is -0.301 e. The molecule has 9 heavy (non-hydrogen) atoms. The van der Waals surface area contributed by atoms with E-state index in [0.29, 0.717) is 0 Å². The number of hydrogen-bond donors (Lipinski definition) is 0. The van der Waals surface area contributed by atoms with Crippen LogP contribution < -0.4 is 0 Å². The molecular weight excluding hydrogens is 157 g/mol. The molecule has 0 bridgehead atoms. The van der Waals surface area contributed by atoms with Gasteiger partial charge in [0.15, 0.2) is 0 Å². The van der Waals surface area contributed by atoms with Crippen LogP contribution in [0.2, 0.25) is 0 Å². The van der Waals surface area contributed by atoms with Gasteiger partial charge in [-0.15, -0.1) is 0 Å². The van der Waals surface area contributed by atoms with E-state index < -0.39 is 0 Å². The Morgan fingerprint density at radius 2 is 2.00 bits per heavy atom. The fraction of sp³-hybridized carbons (Fsp3) is 0.667. The van der Waals surface area contributed by atoms with Crippen LogP contribution in [0.1, 0.15) is 6.42 Å². The second-order valence-corrected chi connectivity index (χ2v) is 3.21. The first-order valence-corrected chi connectivity index (χ1v) is 3.67. The number of rotatable bonds is 0. The monoisotopic (exact) mass is 165 g/mol. The van der Waals surface area contributed by atoms with Gasteiger partial charge in [0.05, 0.1) is 0 Å². The smallest absolute Gasteiger partial charge is 0.0466 e. The van der Waals surface area contributed by atoms with E-state index in [2.05, 4.69) is 4.90 Å². The Balaban J connectivity index is 2.61. The van der Waals surface area contributed by atoms with Crippen LogP contribution in [-0.2, 0) is 0 Å². The molecule has 0 spiro atoms. The fourth-order valence-electron chi connectivity index (χ4n) is 0.826. The Bertz CT molecular complexity index is 142. The summed E-state index contributed by atoms with van der Waals surface area (Å²) < 4.78 is 0. The molecule has 0 fully saturated rings. The first-order valence-electron chi connectivity index (χ1n) is 2.91. The first kappa shape index (κ1) is 7.39. The molecule has 0 amide bonds. The highest BCUT2D eigenvalue weighted by atomic mass is 35.5. The third-order valence-corrected chi connectivity index (χ3v) is 2.28. The summed E-state index contributed by atoms with van der Waals surface area (Å²) in [4.78, 5) is 2.15. The molecule has 0 aromatic heterocycles. The van der Waals surface area contributed by atoms with Crippen LogP contribution in [0, 0.1) is 0 Å². The molecule has 1 aliphatic rings. The predicted octanol–water partition coefficient (Wildman–Crippen LogP) is 2.01. The second-order valence-electron chi connectivity index (χ2n) is 2.30. The van der Waals surface area contributed by atoms with E-state index in [1.165, 1.54) is 0 Å². The molecule has 1 rings (SSSR count). The maximum Gasteiger partial charge on any atom is 0.0466 e. The highest BCUT2D eigenvalue weighted by molar-refractivity contribution is 6.39. The van der Waals surface area contributed by atoms with Crippen LogP contribution >= 0.6 is 23.2 Å². The standard InChI is InChI=1S/C6H9Cl2N/c1-9-3-2-5(7)6(8)4-9/h2-4H2,1H3. The topological polar surface area (TPSA) is 3.24 Å². The average Bonchev–Trinajstić information content (AvgIpc) is 1.80. The van der Waals surface area contributed by atoms with Crippen molar-refractivity contribution in [2.45, 2.75) is 6.42 Å². The van der Waals surface area contributed by atoms with Crippen LogP contribution in [0.4, 0.5) is 0 Å². The van der Waals surface area contributed by atoms with Gasteiger partial charge in [-0.1, -0.05) is 23.2 Å². The van der Waals surface area contributed by atoms with Crippen molar-refractivity contribution < 1.29 is 0 Å². The zero-order chi connectivity index (χ0) is 6.85. The van der Waals surface area contributed by atoms with Gasteiger partial charge in [-0.2, -0.15) is 0 Å². The van der Waals surface area contributed by atoms with Crippen molar-refractivity contribution in [2.24, 2.45) is 0 Å². The zero-order valence-corrected chi connectivity index (χ0v) is 6.84. The molecule has 0 aliphatic carbocycles. The molecule has 0 radical (unpaired) electrons. The molecule has 1 aliphatic heterocycles. The van der Waals surface area contributed by atoms with Crippen LogP contribution in [0.15, 0.2) is 10.1 Å². The molecule has 1 heterocycles. The Hall–Kier alpha value is 0.280. The van der Waals surface area contributed by atoms with Gasteiger partial charge in [-0.05, 0) is 13.5 Å². The van der Waals surface area contributed by atoms with Gasteiger partial charge in [0.1, 0.15) is 0 Å².